The van der Waals surface area contributed by atoms with E-state index in [1.165, 1.54) is 12.1 Å². The normalized spacial score (nSPS) is 16.5. The SMILES string of the molecule is O=C(Nc1ccc(F)c(Cl)c1)C1=C(O)C(CCc2ccccc2)NC1=O. The van der Waals surface area contributed by atoms with Gasteiger partial charge in [0.2, 0.25) is 0 Å². The summed E-state index contributed by atoms with van der Waals surface area (Å²) in [6, 6.07) is 12.6. The van der Waals surface area contributed by atoms with Crippen molar-refractivity contribution in [2.75, 3.05) is 5.32 Å². The molecule has 26 heavy (non-hydrogen) atoms. The van der Waals surface area contributed by atoms with Gasteiger partial charge in [0, 0.05) is 5.69 Å². The second-order valence-corrected chi connectivity index (χ2v) is 6.30. The van der Waals surface area contributed by atoms with E-state index >= 15 is 0 Å². The largest absolute Gasteiger partial charge is 0.509 e. The lowest BCUT2D eigenvalue weighted by atomic mass is 10.0. The molecule has 2 aromatic rings. The molecule has 7 heteroatoms. The third kappa shape index (κ3) is 3.86. The molecule has 1 atom stereocenters. The number of aliphatic hydroxyl groups excluding tert-OH is 1. The fraction of sp³-hybridized carbons (Fsp3) is 0.158. The number of amides is 2. The zero-order valence-corrected chi connectivity index (χ0v) is 14.4. The highest BCUT2D eigenvalue weighted by Crippen LogP contribution is 2.23. The van der Waals surface area contributed by atoms with Crippen molar-refractivity contribution in [3.05, 3.63) is 76.3 Å². The topological polar surface area (TPSA) is 78.4 Å². The van der Waals surface area contributed by atoms with Crippen LogP contribution in [0.5, 0.6) is 0 Å². The molecule has 3 rings (SSSR count). The van der Waals surface area contributed by atoms with Gasteiger partial charge in [0.15, 0.2) is 0 Å². The molecule has 0 spiro atoms. The van der Waals surface area contributed by atoms with Crippen molar-refractivity contribution >= 4 is 29.1 Å². The Morgan fingerprint density at radius 1 is 1.23 bits per heavy atom. The first-order valence-corrected chi connectivity index (χ1v) is 8.38. The van der Waals surface area contributed by atoms with Crippen LogP contribution in [0.3, 0.4) is 0 Å². The summed E-state index contributed by atoms with van der Waals surface area (Å²) in [6.07, 6.45) is 1.10. The number of carbonyl (C=O) groups is 2. The third-order valence-electron chi connectivity index (χ3n) is 4.09. The van der Waals surface area contributed by atoms with Crippen LogP contribution in [-0.4, -0.2) is 23.0 Å². The van der Waals surface area contributed by atoms with Crippen LogP contribution in [-0.2, 0) is 16.0 Å². The fourth-order valence-electron chi connectivity index (χ4n) is 2.74. The molecule has 0 saturated heterocycles. The Labute approximate surface area is 154 Å². The molecule has 1 aliphatic rings. The number of halogens is 2. The molecule has 1 heterocycles. The molecule has 134 valence electrons. The minimum atomic E-state index is -0.773. The molecule has 3 N–H and O–H groups in total. The van der Waals surface area contributed by atoms with Gasteiger partial charge in [-0.25, -0.2) is 4.39 Å². The second kappa shape index (κ2) is 7.58. The van der Waals surface area contributed by atoms with Crippen molar-refractivity contribution in [2.45, 2.75) is 18.9 Å². The predicted molar refractivity (Wildman–Crippen MR) is 96.4 cm³/mol. The van der Waals surface area contributed by atoms with Crippen LogP contribution >= 0.6 is 11.6 Å². The van der Waals surface area contributed by atoms with Crippen molar-refractivity contribution in [1.82, 2.24) is 5.32 Å². The number of carbonyl (C=O) groups excluding carboxylic acids is 2. The number of hydrogen-bond donors (Lipinski definition) is 3. The Morgan fingerprint density at radius 3 is 2.65 bits per heavy atom. The molecule has 0 bridgehead atoms. The van der Waals surface area contributed by atoms with Crippen LogP contribution < -0.4 is 10.6 Å². The van der Waals surface area contributed by atoms with Gasteiger partial charge in [-0.2, -0.15) is 0 Å². The Kier molecular flexibility index (Phi) is 5.23. The maximum atomic E-state index is 13.2. The summed E-state index contributed by atoms with van der Waals surface area (Å²) in [5.41, 5.74) is 0.944. The molecule has 0 saturated carbocycles. The number of hydrogen-bond acceptors (Lipinski definition) is 3. The monoisotopic (exact) mass is 374 g/mol. The highest BCUT2D eigenvalue weighted by atomic mass is 35.5. The number of benzene rings is 2. The number of nitrogens with one attached hydrogen (secondary N) is 2. The van der Waals surface area contributed by atoms with Crippen molar-refractivity contribution in [3.8, 4) is 0 Å². The van der Waals surface area contributed by atoms with E-state index in [2.05, 4.69) is 10.6 Å². The minimum absolute atomic E-state index is 0.155. The summed E-state index contributed by atoms with van der Waals surface area (Å²) >= 11 is 5.67. The lowest BCUT2D eigenvalue weighted by molar-refractivity contribution is -0.120. The van der Waals surface area contributed by atoms with E-state index in [9.17, 15) is 19.1 Å². The molecule has 0 fully saturated rings. The van der Waals surface area contributed by atoms with E-state index in [0.717, 1.165) is 11.6 Å². The van der Waals surface area contributed by atoms with Crippen molar-refractivity contribution in [2.24, 2.45) is 0 Å². The van der Waals surface area contributed by atoms with Gasteiger partial charge < -0.3 is 15.7 Å². The van der Waals surface area contributed by atoms with E-state index in [1.54, 1.807) is 0 Å². The molecule has 1 unspecified atom stereocenters. The van der Waals surface area contributed by atoms with Crippen LogP contribution in [0.25, 0.3) is 0 Å². The lowest BCUT2D eigenvalue weighted by Crippen LogP contribution is -2.30. The minimum Gasteiger partial charge on any atom is -0.509 e. The van der Waals surface area contributed by atoms with Gasteiger partial charge in [-0.3, -0.25) is 9.59 Å². The number of aryl methyl sites for hydroxylation is 1. The van der Waals surface area contributed by atoms with Gasteiger partial charge in [-0.1, -0.05) is 41.9 Å². The van der Waals surface area contributed by atoms with Crippen LogP contribution in [0, 0.1) is 5.82 Å². The van der Waals surface area contributed by atoms with Gasteiger partial charge >= 0.3 is 0 Å². The maximum absolute atomic E-state index is 13.2. The first kappa shape index (κ1) is 17.9. The van der Waals surface area contributed by atoms with Gasteiger partial charge in [-0.15, -0.1) is 0 Å². The Balaban J connectivity index is 1.70. The third-order valence-corrected chi connectivity index (χ3v) is 4.38. The van der Waals surface area contributed by atoms with Gasteiger partial charge in [0.25, 0.3) is 11.8 Å². The number of anilines is 1. The maximum Gasteiger partial charge on any atom is 0.264 e. The van der Waals surface area contributed by atoms with E-state index in [-0.39, 0.29) is 22.0 Å². The molecular weight excluding hydrogens is 359 g/mol. The number of rotatable bonds is 5. The molecular formula is C19H16ClFN2O3. The van der Waals surface area contributed by atoms with E-state index in [1.807, 2.05) is 30.3 Å². The smallest absolute Gasteiger partial charge is 0.264 e. The molecule has 0 aromatic heterocycles. The zero-order valence-electron chi connectivity index (χ0n) is 13.6. The summed E-state index contributed by atoms with van der Waals surface area (Å²) in [5, 5.41) is 15.2. The summed E-state index contributed by atoms with van der Waals surface area (Å²) in [5.74, 6) is -2.33. The average molecular weight is 375 g/mol. The molecule has 2 amide bonds. The van der Waals surface area contributed by atoms with Crippen LogP contribution in [0.4, 0.5) is 10.1 Å². The van der Waals surface area contributed by atoms with Crippen LogP contribution in [0.1, 0.15) is 12.0 Å². The van der Waals surface area contributed by atoms with Gasteiger partial charge in [-0.05, 0) is 36.6 Å². The van der Waals surface area contributed by atoms with E-state index < -0.39 is 23.7 Å². The standard InChI is InChI=1S/C19H16ClFN2O3/c20-13-10-12(7-8-14(13)21)22-18(25)16-17(24)15(23-19(16)26)9-6-11-4-2-1-3-5-11/h1-5,7-8,10,15,24H,6,9H2,(H,22,25)(H,23,26). The molecule has 0 radical (unpaired) electrons. The Bertz CT molecular complexity index is 884. The summed E-state index contributed by atoms with van der Waals surface area (Å²) in [7, 11) is 0. The summed E-state index contributed by atoms with van der Waals surface area (Å²) in [6.45, 7) is 0. The molecule has 1 aliphatic heterocycles. The van der Waals surface area contributed by atoms with Crippen molar-refractivity contribution < 1.29 is 19.1 Å². The Morgan fingerprint density at radius 2 is 1.96 bits per heavy atom. The van der Waals surface area contributed by atoms with E-state index in [0.29, 0.717) is 12.8 Å². The summed E-state index contributed by atoms with van der Waals surface area (Å²) < 4.78 is 13.2. The highest BCUT2D eigenvalue weighted by Gasteiger charge is 2.35. The number of aliphatic hydroxyl groups is 1. The summed E-state index contributed by atoms with van der Waals surface area (Å²) in [4.78, 5) is 24.4. The van der Waals surface area contributed by atoms with Crippen LogP contribution in [0.2, 0.25) is 5.02 Å². The lowest BCUT2D eigenvalue weighted by Gasteiger charge is -2.10. The first-order chi connectivity index (χ1) is 12.5. The van der Waals surface area contributed by atoms with Crippen LogP contribution in [0.15, 0.2) is 59.9 Å². The second-order valence-electron chi connectivity index (χ2n) is 5.89. The van der Waals surface area contributed by atoms with E-state index in [4.69, 9.17) is 11.6 Å². The van der Waals surface area contributed by atoms with Gasteiger partial charge in [0.1, 0.15) is 17.1 Å². The predicted octanol–water partition coefficient (Wildman–Crippen LogP) is 3.36. The molecule has 2 aromatic carbocycles. The quantitative estimate of drug-likeness (QED) is 0.702. The average Bonchev–Trinajstić information content (AvgIpc) is 2.91. The highest BCUT2D eigenvalue weighted by molar-refractivity contribution is 6.31. The fourth-order valence-corrected chi connectivity index (χ4v) is 2.92. The Hall–Kier alpha value is -2.86. The zero-order chi connectivity index (χ0) is 18.7. The van der Waals surface area contributed by atoms with Crippen molar-refractivity contribution in [1.29, 1.82) is 0 Å². The molecule has 5 nitrogen and oxygen atoms in total. The van der Waals surface area contributed by atoms with Crippen molar-refractivity contribution in [3.63, 3.8) is 0 Å². The van der Waals surface area contributed by atoms with Gasteiger partial charge in [0.05, 0.1) is 11.1 Å². The molecule has 0 aliphatic carbocycles. The first-order valence-electron chi connectivity index (χ1n) is 8.00.